The summed E-state index contributed by atoms with van der Waals surface area (Å²) >= 11 is 0. The number of sulfonamides is 1. The highest BCUT2D eigenvalue weighted by Crippen LogP contribution is 2.30. The third-order valence-electron chi connectivity index (χ3n) is 4.13. The molecule has 0 unspecified atom stereocenters. The fraction of sp³-hybridized carbons (Fsp3) is 0.556. The van der Waals surface area contributed by atoms with E-state index in [2.05, 4.69) is 5.32 Å². The first kappa shape index (κ1) is 21.2. The van der Waals surface area contributed by atoms with E-state index in [4.69, 9.17) is 9.47 Å². The lowest BCUT2D eigenvalue weighted by Gasteiger charge is -2.26. The van der Waals surface area contributed by atoms with Gasteiger partial charge in [-0.05, 0) is 38.0 Å². The summed E-state index contributed by atoms with van der Waals surface area (Å²) in [4.78, 5) is 23.3. The van der Waals surface area contributed by atoms with Crippen LogP contribution in [0.3, 0.4) is 0 Å². The third-order valence-corrected chi connectivity index (χ3v) is 6.03. The largest absolute Gasteiger partial charge is 0.492 e. The molecule has 27 heavy (non-hydrogen) atoms. The van der Waals surface area contributed by atoms with Crippen molar-refractivity contribution in [2.24, 2.45) is 0 Å². The number of carbonyl (C=O) groups excluding carboxylic acids is 2. The van der Waals surface area contributed by atoms with Crippen LogP contribution in [0, 0.1) is 0 Å². The summed E-state index contributed by atoms with van der Waals surface area (Å²) < 4.78 is 37.4. The summed E-state index contributed by atoms with van der Waals surface area (Å²) in [6.07, 6.45) is 2.86. The molecule has 8 nitrogen and oxygen atoms in total. The second kappa shape index (κ2) is 9.70. The fourth-order valence-corrected chi connectivity index (χ4v) is 4.28. The van der Waals surface area contributed by atoms with Gasteiger partial charge in [-0.25, -0.2) is 8.42 Å². The minimum absolute atomic E-state index is 0.0914. The number of esters is 1. The summed E-state index contributed by atoms with van der Waals surface area (Å²) in [5.41, 5.74) is 0.229. The number of anilines is 1. The van der Waals surface area contributed by atoms with Crippen molar-refractivity contribution in [2.75, 3.05) is 31.6 Å². The standard InChI is InChI=1S/C18H26N2O6S/c1-3-18(22)26-13-17(21)19-15-12-14(8-9-16(15)25-4-2)27(23,24)20-10-6-5-7-11-20/h8-9,12H,3-7,10-11,13H2,1-2H3,(H,19,21). The Balaban J connectivity index is 2.22. The molecule has 1 N–H and O–H groups in total. The number of rotatable bonds is 8. The van der Waals surface area contributed by atoms with Crippen LogP contribution in [0.25, 0.3) is 0 Å². The van der Waals surface area contributed by atoms with Gasteiger partial charge in [-0.1, -0.05) is 13.3 Å². The van der Waals surface area contributed by atoms with E-state index in [1.165, 1.54) is 22.5 Å². The lowest BCUT2D eigenvalue weighted by molar-refractivity contribution is -0.146. The summed E-state index contributed by atoms with van der Waals surface area (Å²) in [5, 5.41) is 2.57. The lowest BCUT2D eigenvalue weighted by Crippen LogP contribution is -2.35. The molecule has 1 saturated heterocycles. The van der Waals surface area contributed by atoms with Gasteiger partial charge in [-0.3, -0.25) is 9.59 Å². The molecular weight excluding hydrogens is 372 g/mol. The Morgan fingerprint density at radius 3 is 2.48 bits per heavy atom. The quantitative estimate of drug-likeness (QED) is 0.673. The average molecular weight is 398 g/mol. The zero-order valence-corrected chi connectivity index (χ0v) is 16.5. The zero-order chi connectivity index (χ0) is 19.9. The molecule has 0 aliphatic carbocycles. The van der Waals surface area contributed by atoms with E-state index in [0.29, 0.717) is 25.4 Å². The Labute approximate surface area is 159 Å². The van der Waals surface area contributed by atoms with Crippen LogP contribution in [0.15, 0.2) is 23.1 Å². The highest BCUT2D eigenvalue weighted by Gasteiger charge is 2.27. The predicted octanol–water partition coefficient (Wildman–Crippen LogP) is 2.15. The summed E-state index contributed by atoms with van der Waals surface area (Å²) in [5.74, 6) is -0.702. The van der Waals surface area contributed by atoms with Crippen molar-refractivity contribution in [3.63, 3.8) is 0 Å². The van der Waals surface area contributed by atoms with Crippen molar-refractivity contribution in [1.82, 2.24) is 4.31 Å². The number of benzene rings is 1. The molecule has 1 aromatic rings. The number of nitrogens with zero attached hydrogens (tertiary/aromatic N) is 1. The number of ether oxygens (including phenoxy) is 2. The van der Waals surface area contributed by atoms with Gasteiger partial charge in [0.25, 0.3) is 5.91 Å². The second-order valence-electron chi connectivity index (χ2n) is 6.12. The van der Waals surface area contributed by atoms with E-state index in [9.17, 15) is 18.0 Å². The van der Waals surface area contributed by atoms with Crippen molar-refractivity contribution < 1.29 is 27.5 Å². The first-order valence-electron chi connectivity index (χ1n) is 9.11. The molecule has 1 aliphatic rings. The Hall–Kier alpha value is -2.13. The Bertz CT molecular complexity index is 772. The molecule has 1 aliphatic heterocycles. The van der Waals surface area contributed by atoms with Crippen molar-refractivity contribution in [2.45, 2.75) is 44.4 Å². The minimum Gasteiger partial charge on any atom is -0.492 e. The van der Waals surface area contributed by atoms with Crippen LogP contribution in [-0.4, -0.2) is 50.9 Å². The van der Waals surface area contributed by atoms with Crippen molar-refractivity contribution >= 4 is 27.6 Å². The summed E-state index contributed by atoms with van der Waals surface area (Å²) in [6.45, 7) is 4.30. The molecule has 150 valence electrons. The van der Waals surface area contributed by atoms with E-state index in [1.54, 1.807) is 13.8 Å². The van der Waals surface area contributed by atoms with Gasteiger partial charge in [0.1, 0.15) is 5.75 Å². The molecule has 0 saturated carbocycles. The molecule has 1 heterocycles. The Kier molecular flexibility index (Phi) is 7.61. The van der Waals surface area contributed by atoms with Gasteiger partial charge >= 0.3 is 5.97 Å². The zero-order valence-electron chi connectivity index (χ0n) is 15.7. The van der Waals surface area contributed by atoms with E-state index in [-0.39, 0.29) is 17.0 Å². The van der Waals surface area contributed by atoms with Gasteiger partial charge in [0, 0.05) is 19.5 Å². The number of hydrogen-bond acceptors (Lipinski definition) is 6. The predicted molar refractivity (Wildman–Crippen MR) is 100 cm³/mol. The molecule has 2 rings (SSSR count). The second-order valence-corrected chi connectivity index (χ2v) is 8.06. The first-order valence-corrected chi connectivity index (χ1v) is 10.5. The molecular formula is C18H26N2O6S. The molecule has 0 spiro atoms. The molecule has 0 bridgehead atoms. The highest BCUT2D eigenvalue weighted by molar-refractivity contribution is 7.89. The lowest BCUT2D eigenvalue weighted by atomic mass is 10.2. The maximum atomic E-state index is 12.9. The van der Waals surface area contributed by atoms with Crippen molar-refractivity contribution in [3.05, 3.63) is 18.2 Å². The number of amides is 1. The maximum absolute atomic E-state index is 12.9. The number of piperidine rings is 1. The van der Waals surface area contributed by atoms with Crippen LogP contribution in [-0.2, 0) is 24.3 Å². The Morgan fingerprint density at radius 1 is 1.15 bits per heavy atom. The first-order chi connectivity index (χ1) is 12.9. The minimum atomic E-state index is -3.64. The fourth-order valence-electron chi connectivity index (χ4n) is 2.74. The number of carbonyl (C=O) groups is 2. The van der Waals surface area contributed by atoms with Crippen LogP contribution < -0.4 is 10.1 Å². The Morgan fingerprint density at radius 2 is 1.85 bits per heavy atom. The van der Waals surface area contributed by atoms with Crippen LogP contribution in [0.4, 0.5) is 5.69 Å². The van der Waals surface area contributed by atoms with E-state index in [1.807, 2.05) is 0 Å². The third kappa shape index (κ3) is 5.67. The topological polar surface area (TPSA) is 102 Å². The van der Waals surface area contributed by atoms with Gasteiger partial charge in [0.15, 0.2) is 6.61 Å². The normalized spacial score (nSPS) is 15.2. The maximum Gasteiger partial charge on any atom is 0.306 e. The van der Waals surface area contributed by atoms with Crippen LogP contribution >= 0.6 is 0 Å². The molecule has 9 heteroatoms. The van der Waals surface area contributed by atoms with Gasteiger partial charge in [0.2, 0.25) is 10.0 Å². The van der Waals surface area contributed by atoms with Crippen LogP contribution in [0.1, 0.15) is 39.5 Å². The average Bonchev–Trinajstić information content (AvgIpc) is 2.68. The summed E-state index contributed by atoms with van der Waals surface area (Å²) in [6, 6.07) is 4.38. The van der Waals surface area contributed by atoms with E-state index < -0.39 is 28.5 Å². The molecule has 1 aromatic carbocycles. The van der Waals surface area contributed by atoms with Gasteiger partial charge in [-0.15, -0.1) is 0 Å². The SMILES string of the molecule is CCOc1ccc(S(=O)(=O)N2CCCCC2)cc1NC(=O)COC(=O)CC. The van der Waals surface area contributed by atoms with Gasteiger partial charge < -0.3 is 14.8 Å². The molecule has 0 aromatic heterocycles. The molecule has 1 amide bonds. The van der Waals surface area contributed by atoms with Crippen molar-refractivity contribution in [3.8, 4) is 5.75 Å². The molecule has 0 atom stereocenters. The number of hydrogen-bond donors (Lipinski definition) is 1. The van der Waals surface area contributed by atoms with Crippen LogP contribution in [0.5, 0.6) is 5.75 Å². The van der Waals surface area contributed by atoms with Crippen molar-refractivity contribution in [1.29, 1.82) is 0 Å². The molecule has 1 fully saturated rings. The smallest absolute Gasteiger partial charge is 0.306 e. The van der Waals surface area contributed by atoms with E-state index >= 15 is 0 Å². The van der Waals surface area contributed by atoms with Gasteiger partial charge in [-0.2, -0.15) is 4.31 Å². The summed E-state index contributed by atoms with van der Waals surface area (Å²) in [7, 11) is -3.64. The van der Waals surface area contributed by atoms with Crippen LogP contribution in [0.2, 0.25) is 0 Å². The van der Waals surface area contributed by atoms with E-state index in [0.717, 1.165) is 19.3 Å². The number of nitrogens with one attached hydrogen (secondary N) is 1. The highest BCUT2D eigenvalue weighted by atomic mass is 32.2. The van der Waals surface area contributed by atoms with Gasteiger partial charge in [0.05, 0.1) is 17.2 Å². The monoisotopic (exact) mass is 398 g/mol. The molecule has 0 radical (unpaired) electrons.